The third kappa shape index (κ3) is 3.77. The summed E-state index contributed by atoms with van der Waals surface area (Å²) in [7, 11) is 0. The van der Waals surface area contributed by atoms with Crippen molar-refractivity contribution in [2.75, 3.05) is 17.7 Å². The molecule has 21 heavy (non-hydrogen) atoms. The predicted octanol–water partition coefficient (Wildman–Crippen LogP) is 3.60. The predicted molar refractivity (Wildman–Crippen MR) is 91.8 cm³/mol. The third-order valence-corrected chi connectivity index (χ3v) is 4.38. The third-order valence-electron chi connectivity index (χ3n) is 3.55. The molecular weight excluding hydrogens is 278 g/mol. The van der Waals surface area contributed by atoms with Gasteiger partial charge in [0.1, 0.15) is 0 Å². The van der Waals surface area contributed by atoms with Crippen LogP contribution in [0.1, 0.15) is 23.9 Å². The second-order valence-corrected chi connectivity index (χ2v) is 5.79. The number of rotatable bonds is 6. The van der Waals surface area contributed by atoms with Gasteiger partial charge in [0.15, 0.2) is 0 Å². The molecule has 2 aromatic rings. The Kier molecular flexibility index (Phi) is 5.65. The first-order chi connectivity index (χ1) is 10.2. The van der Waals surface area contributed by atoms with Crippen molar-refractivity contribution in [3.63, 3.8) is 0 Å². The van der Waals surface area contributed by atoms with Gasteiger partial charge in [0.05, 0.1) is 12.2 Å². The van der Waals surface area contributed by atoms with E-state index < -0.39 is 0 Å². The molecule has 0 saturated carbocycles. The summed E-state index contributed by atoms with van der Waals surface area (Å²) in [6, 6.07) is 12.6. The number of hydrogen-bond acceptors (Lipinski definition) is 4. The lowest BCUT2D eigenvalue weighted by atomic mass is 10.1. The van der Waals surface area contributed by atoms with E-state index in [1.165, 1.54) is 16.1 Å². The van der Waals surface area contributed by atoms with E-state index in [2.05, 4.69) is 53.4 Å². The van der Waals surface area contributed by atoms with Crippen LogP contribution in [0.5, 0.6) is 0 Å². The Hall–Kier alpha value is -1.52. The zero-order valence-corrected chi connectivity index (χ0v) is 13.8. The molecule has 1 heterocycles. The van der Waals surface area contributed by atoms with Crippen molar-refractivity contribution < 1.29 is 0 Å². The highest BCUT2D eigenvalue weighted by molar-refractivity contribution is 7.98. The number of benzene rings is 1. The summed E-state index contributed by atoms with van der Waals surface area (Å²) < 4.78 is 0. The highest BCUT2D eigenvalue weighted by Crippen LogP contribution is 2.30. The van der Waals surface area contributed by atoms with Crippen LogP contribution in [0.4, 0.5) is 5.69 Å². The largest absolute Gasteiger partial charge is 0.366 e. The van der Waals surface area contributed by atoms with Crippen LogP contribution in [0.15, 0.2) is 41.3 Å². The van der Waals surface area contributed by atoms with Crippen LogP contribution in [-0.2, 0) is 13.1 Å². The van der Waals surface area contributed by atoms with Crippen LogP contribution >= 0.6 is 11.8 Å². The average Bonchev–Trinajstić information content (AvgIpc) is 2.51. The van der Waals surface area contributed by atoms with Gasteiger partial charge in [-0.25, -0.2) is 0 Å². The number of nitrogens with two attached hydrogens (primary N) is 1. The first kappa shape index (κ1) is 15.9. The van der Waals surface area contributed by atoms with E-state index in [4.69, 9.17) is 5.73 Å². The summed E-state index contributed by atoms with van der Waals surface area (Å²) in [5.74, 6) is 0. The zero-order valence-electron chi connectivity index (χ0n) is 13.0. The van der Waals surface area contributed by atoms with E-state index in [0.717, 1.165) is 24.5 Å². The Bertz CT molecular complexity index is 598. The summed E-state index contributed by atoms with van der Waals surface area (Å²) in [6.07, 6.45) is 2.09. The number of anilines is 1. The van der Waals surface area contributed by atoms with E-state index in [1.807, 2.05) is 13.0 Å². The normalized spacial score (nSPS) is 10.7. The Balaban J connectivity index is 2.33. The van der Waals surface area contributed by atoms with Crippen LogP contribution in [0.2, 0.25) is 0 Å². The molecule has 0 aliphatic carbocycles. The maximum atomic E-state index is 5.98. The van der Waals surface area contributed by atoms with Crippen LogP contribution < -0.4 is 10.6 Å². The molecule has 1 aromatic heterocycles. The highest BCUT2D eigenvalue weighted by atomic mass is 32.2. The van der Waals surface area contributed by atoms with Crippen LogP contribution in [0.25, 0.3) is 0 Å². The summed E-state index contributed by atoms with van der Waals surface area (Å²) in [4.78, 5) is 8.20. The second kappa shape index (κ2) is 7.48. The van der Waals surface area contributed by atoms with Crippen molar-refractivity contribution in [2.45, 2.75) is 31.8 Å². The molecule has 0 atom stereocenters. The van der Waals surface area contributed by atoms with E-state index in [-0.39, 0.29) is 0 Å². The summed E-state index contributed by atoms with van der Waals surface area (Å²) in [6.45, 7) is 6.49. The standard InChI is InChI=1S/C17H23N3S/c1-4-20(12-14-8-5-7-13(2)19-14)16-9-6-10-17(21-3)15(16)11-18/h5-10H,4,11-12,18H2,1-3H3. The first-order valence-electron chi connectivity index (χ1n) is 7.23. The lowest BCUT2D eigenvalue weighted by Crippen LogP contribution is -2.24. The SMILES string of the molecule is CCN(Cc1cccc(C)n1)c1cccc(SC)c1CN. The fourth-order valence-corrected chi connectivity index (χ4v) is 3.15. The number of aryl methyl sites for hydroxylation is 1. The zero-order chi connectivity index (χ0) is 15.2. The van der Waals surface area contributed by atoms with Crippen molar-refractivity contribution in [1.29, 1.82) is 0 Å². The topological polar surface area (TPSA) is 42.2 Å². The van der Waals surface area contributed by atoms with Crippen LogP contribution in [-0.4, -0.2) is 17.8 Å². The summed E-state index contributed by atoms with van der Waals surface area (Å²) in [5.41, 5.74) is 10.6. The Morgan fingerprint density at radius 2 is 1.95 bits per heavy atom. The Morgan fingerprint density at radius 1 is 1.19 bits per heavy atom. The molecule has 0 unspecified atom stereocenters. The van der Waals surface area contributed by atoms with Gasteiger partial charge in [0, 0.05) is 34.9 Å². The fraction of sp³-hybridized carbons (Fsp3) is 0.353. The number of hydrogen-bond donors (Lipinski definition) is 1. The Morgan fingerprint density at radius 3 is 2.57 bits per heavy atom. The lowest BCUT2D eigenvalue weighted by Gasteiger charge is -2.26. The molecule has 0 saturated heterocycles. The van der Waals surface area contributed by atoms with Crippen molar-refractivity contribution in [2.24, 2.45) is 5.73 Å². The molecule has 0 aliphatic heterocycles. The summed E-state index contributed by atoms with van der Waals surface area (Å²) in [5, 5.41) is 0. The maximum Gasteiger partial charge on any atom is 0.0602 e. The van der Waals surface area contributed by atoms with Crippen molar-refractivity contribution in [3.05, 3.63) is 53.3 Å². The Labute approximate surface area is 131 Å². The molecule has 2 N–H and O–H groups in total. The number of aromatic nitrogens is 1. The van der Waals surface area contributed by atoms with Crippen LogP contribution in [0.3, 0.4) is 0 Å². The molecular formula is C17H23N3S. The molecule has 3 nitrogen and oxygen atoms in total. The van der Waals surface area contributed by atoms with Gasteiger partial charge < -0.3 is 10.6 Å². The van der Waals surface area contributed by atoms with E-state index >= 15 is 0 Å². The molecule has 1 aromatic carbocycles. The molecule has 0 amide bonds. The van der Waals surface area contributed by atoms with Gasteiger partial charge in [-0.2, -0.15) is 0 Å². The van der Waals surface area contributed by atoms with Gasteiger partial charge >= 0.3 is 0 Å². The quantitative estimate of drug-likeness (QED) is 0.828. The van der Waals surface area contributed by atoms with E-state index in [1.54, 1.807) is 11.8 Å². The summed E-state index contributed by atoms with van der Waals surface area (Å²) >= 11 is 1.75. The molecule has 112 valence electrons. The van der Waals surface area contributed by atoms with Gasteiger partial charge in [0.25, 0.3) is 0 Å². The molecule has 0 fully saturated rings. The van der Waals surface area contributed by atoms with Gasteiger partial charge in [-0.05, 0) is 44.4 Å². The molecule has 0 aliphatic rings. The van der Waals surface area contributed by atoms with Crippen molar-refractivity contribution in [3.8, 4) is 0 Å². The second-order valence-electron chi connectivity index (χ2n) is 4.95. The number of nitrogens with zero attached hydrogens (tertiary/aromatic N) is 2. The molecule has 4 heteroatoms. The number of pyridine rings is 1. The lowest BCUT2D eigenvalue weighted by molar-refractivity contribution is 0.794. The van der Waals surface area contributed by atoms with Gasteiger partial charge in [-0.3, -0.25) is 4.98 Å². The van der Waals surface area contributed by atoms with E-state index in [9.17, 15) is 0 Å². The molecule has 2 rings (SSSR count). The van der Waals surface area contributed by atoms with E-state index in [0.29, 0.717) is 6.54 Å². The first-order valence-corrected chi connectivity index (χ1v) is 8.45. The fourth-order valence-electron chi connectivity index (χ4n) is 2.50. The molecule has 0 bridgehead atoms. The molecule has 0 radical (unpaired) electrons. The van der Waals surface area contributed by atoms with Gasteiger partial charge in [-0.15, -0.1) is 11.8 Å². The minimum absolute atomic E-state index is 0.560. The van der Waals surface area contributed by atoms with Crippen LogP contribution in [0, 0.1) is 6.92 Å². The monoisotopic (exact) mass is 301 g/mol. The minimum Gasteiger partial charge on any atom is -0.366 e. The molecule has 0 spiro atoms. The smallest absolute Gasteiger partial charge is 0.0602 e. The van der Waals surface area contributed by atoms with Crippen molar-refractivity contribution in [1.82, 2.24) is 4.98 Å². The van der Waals surface area contributed by atoms with Crippen molar-refractivity contribution >= 4 is 17.4 Å². The number of thioether (sulfide) groups is 1. The maximum absolute atomic E-state index is 5.98. The average molecular weight is 301 g/mol. The minimum atomic E-state index is 0.560. The van der Waals surface area contributed by atoms with Gasteiger partial charge in [0.2, 0.25) is 0 Å². The highest BCUT2D eigenvalue weighted by Gasteiger charge is 2.13. The van der Waals surface area contributed by atoms with Gasteiger partial charge in [-0.1, -0.05) is 12.1 Å².